The highest BCUT2D eigenvalue weighted by molar-refractivity contribution is 7.71. The molecule has 0 N–H and O–H groups in total. The van der Waals surface area contributed by atoms with E-state index >= 15 is 0 Å². The van der Waals surface area contributed by atoms with E-state index in [1.165, 1.54) is 25.8 Å². The standard InChI is InChI=1S/C15H20N4OS/c1-2-18-14(13-4-3-7-20-13)16-19(15(18)21)10-17-9-11-5-6-12(17)8-11/h3-4,7,11-12H,2,5-6,8-10H2,1H3. The lowest BCUT2D eigenvalue weighted by Gasteiger charge is -2.26. The third kappa shape index (κ3) is 2.17. The Kier molecular flexibility index (Phi) is 3.23. The molecule has 1 aliphatic heterocycles. The monoisotopic (exact) mass is 304 g/mol. The predicted octanol–water partition coefficient (Wildman–Crippen LogP) is 3.14. The molecule has 2 fully saturated rings. The number of nitrogens with zero attached hydrogens (tertiary/aromatic N) is 4. The van der Waals surface area contributed by atoms with Crippen molar-refractivity contribution in [2.45, 2.75) is 45.4 Å². The summed E-state index contributed by atoms with van der Waals surface area (Å²) in [5.74, 6) is 2.50. The van der Waals surface area contributed by atoms with Crippen LogP contribution in [-0.4, -0.2) is 31.8 Å². The summed E-state index contributed by atoms with van der Waals surface area (Å²) in [5.41, 5.74) is 0. The zero-order chi connectivity index (χ0) is 14.4. The predicted molar refractivity (Wildman–Crippen MR) is 82.3 cm³/mol. The zero-order valence-corrected chi connectivity index (χ0v) is 13.1. The van der Waals surface area contributed by atoms with Gasteiger partial charge in [-0.3, -0.25) is 9.47 Å². The third-order valence-electron chi connectivity index (χ3n) is 4.82. The minimum Gasteiger partial charge on any atom is -0.461 e. The largest absolute Gasteiger partial charge is 0.461 e. The third-order valence-corrected chi connectivity index (χ3v) is 5.25. The summed E-state index contributed by atoms with van der Waals surface area (Å²) in [6.45, 7) is 4.90. The molecule has 4 rings (SSSR count). The van der Waals surface area contributed by atoms with Crippen LogP contribution in [0.3, 0.4) is 0 Å². The molecule has 1 saturated heterocycles. The van der Waals surface area contributed by atoms with E-state index in [-0.39, 0.29) is 0 Å². The highest BCUT2D eigenvalue weighted by Gasteiger charge is 2.37. The molecule has 2 unspecified atom stereocenters. The van der Waals surface area contributed by atoms with Crippen LogP contribution in [0.15, 0.2) is 22.8 Å². The van der Waals surface area contributed by atoms with Crippen molar-refractivity contribution in [1.82, 2.24) is 19.2 Å². The molecule has 2 atom stereocenters. The molecule has 0 aromatic carbocycles. The first-order chi connectivity index (χ1) is 10.3. The topological polar surface area (TPSA) is 39.1 Å². The van der Waals surface area contributed by atoms with Crippen molar-refractivity contribution in [3.05, 3.63) is 23.2 Å². The van der Waals surface area contributed by atoms with Gasteiger partial charge in [-0.1, -0.05) is 0 Å². The van der Waals surface area contributed by atoms with Crippen LogP contribution in [0, 0.1) is 10.7 Å². The summed E-state index contributed by atoms with van der Waals surface area (Å²) < 4.78 is 10.3. The Morgan fingerprint density at radius 1 is 1.43 bits per heavy atom. The Bertz CT molecular complexity index is 687. The van der Waals surface area contributed by atoms with E-state index in [2.05, 4.69) is 11.8 Å². The molecule has 2 aromatic heterocycles. The summed E-state index contributed by atoms with van der Waals surface area (Å²) in [6.07, 6.45) is 5.76. The number of piperidine rings is 1. The molecule has 1 aliphatic carbocycles. The second-order valence-corrected chi connectivity index (χ2v) is 6.44. The summed E-state index contributed by atoms with van der Waals surface area (Å²) in [5, 5.41) is 4.71. The van der Waals surface area contributed by atoms with Crippen molar-refractivity contribution in [2.75, 3.05) is 6.54 Å². The van der Waals surface area contributed by atoms with Crippen LogP contribution >= 0.6 is 12.2 Å². The van der Waals surface area contributed by atoms with Crippen LogP contribution in [-0.2, 0) is 13.2 Å². The van der Waals surface area contributed by atoms with E-state index in [4.69, 9.17) is 21.7 Å². The van der Waals surface area contributed by atoms with Gasteiger partial charge in [0.05, 0.1) is 12.9 Å². The van der Waals surface area contributed by atoms with Crippen molar-refractivity contribution in [3.8, 4) is 11.6 Å². The van der Waals surface area contributed by atoms with E-state index in [9.17, 15) is 0 Å². The van der Waals surface area contributed by atoms with Crippen LogP contribution in [0.5, 0.6) is 0 Å². The van der Waals surface area contributed by atoms with Gasteiger partial charge in [0.1, 0.15) is 0 Å². The summed E-state index contributed by atoms with van der Waals surface area (Å²) in [4.78, 5) is 2.53. The molecule has 21 heavy (non-hydrogen) atoms. The molecule has 5 nitrogen and oxygen atoms in total. The maximum atomic E-state index is 5.60. The second-order valence-electron chi connectivity index (χ2n) is 6.07. The van der Waals surface area contributed by atoms with Gasteiger partial charge in [0.25, 0.3) is 0 Å². The number of hydrogen-bond acceptors (Lipinski definition) is 4. The highest BCUT2D eigenvalue weighted by atomic mass is 32.1. The van der Waals surface area contributed by atoms with E-state index in [0.29, 0.717) is 0 Å². The number of rotatable bonds is 4. The Morgan fingerprint density at radius 2 is 2.33 bits per heavy atom. The first kappa shape index (κ1) is 13.3. The first-order valence-electron chi connectivity index (χ1n) is 7.72. The minimum atomic E-state index is 0.732. The fraction of sp³-hybridized carbons (Fsp3) is 0.600. The van der Waals surface area contributed by atoms with Crippen molar-refractivity contribution in [1.29, 1.82) is 0 Å². The van der Waals surface area contributed by atoms with Crippen molar-refractivity contribution in [2.24, 2.45) is 5.92 Å². The quantitative estimate of drug-likeness (QED) is 0.814. The number of aromatic nitrogens is 3. The van der Waals surface area contributed by atoms with Crippen molar-refractivity contribution in [3.63, 3.8) is 0 Å². The molecule has 0 spiro atoms. The van der Waals surface area contributed by atoms with Crippen LogP contribution in [0.2, 0.25) is 0 Å². The van der Waals surface area contributed by atoms with Crippen molar-refractivity contribution < 1.29 is 4.42 Å². The van der Waals surface area contributed by atoms with E-state index in [0.717, 1.165) is 41.5 Å². The van der Waals surface area contributed by atoms with Crippen LogP contribution in [0.4, 0.5) is 0 Å². The fourth-order valence-electron chi connectivity index (χ4n) is 3.78. The molecular formula is C15H20N4OS. The number of fused-ring (bicyclic) bond motifs is 2. The van der Waals surface area contributed by atoms with E-state index in [1.54, 1.807) is 6.26 Å². The molecule has 112 valence electrons. The SMILES string of the molecule is CCn1c(-c2ccco2)nn(CN2CC3CCC2C3)c1=S. The van der Waals surface area contributed by atoms with Crippen molar-refractivity contribution >= 4 is 12.2 Å². The lowest BCUT2D eigenvalue weighted by Crippen LogP contribution is -2.34. The van der Waals surface area contributed by atoms with Crippen LogP contribution in [0.1, 0.15) is 26.2 Å². The van der Waals surface area contributed by atoms with Gasteiger partial charge in [-0.15, -0.1) is 5.10 Å². The highest BCUT2D eigenvalue weighted by Crippen LogP contribution is 2.37. The lowest BCUT2D eigenvalue weighted by atomic mass is 10.1. The summed E-state index contributed by atoms with van der Waals surface area (Å²) in [6, 6.07) is 4.55. The number of furan rings is 1. The van der Waals surface area contributed by atoms with Gasteiger partial charge < -0.3 is 4.42 Å². The smallest absolute Gasteiger partial charge is 0.199 e. The van der Waals surface area contributed by atoms with Gasteiger partial charge in [0.2, 0.25) is 0 Å². The van der Waals surface area contributed by atoms with Gasteiger partial charge in [-0.25, -0.2) is 4.68 Å². The second kappa shape index (κ2) is 5.10. The Hall–Kier alpha value is -1.40. The van der Waals surface area contributed by atoms with Gasteiger partial charge >= 0.3 is 0 Å². The molecule has 2 bridgehead atoms. The molecule has 3 heterocycles. The molecule has 6 heteroatoms. The molecule has 0 radical (unpaired) electrons. The Morgan fingerprint density at radius 3 is 2.95 bits per heavy atom. The van der Waals surface area contributed by atoms with E-state index in [1.807, 2.05) is 21.4 Å². The van der Waals surface area contributed by atoms with Gasteiger partial charge in [0, 0.05) is 19.1 Å². The fourth-order valence-corrected chi connectivity index (χ4v) is 4.09. The number of hydrogen-bond donors (Lipinski definition) is 0. The number of likely N-dealkylation sites (tertiary alicyclic amines) is 1. The zero-order valence-electron chi connectivity index (χ0n) is 12.2. The molecule has 0 amide bonds. The summed E-state index contributed by atoms with van der Waals surface area (Å²) in [7, 11) is 0. The van der Waals surface area contributed by atoms with Gasteiger partial charge in [-0.05, 0) is 56.5 Å². The van der Waals surface area contributed by atoms with Gasteiger partial charge in [-0.2, -0.15) is 0 Å². The van der Waals surface area contributed by atoms with Gasteiger partial charge in [0.15, 0.2) is 16.4 Å². The minimum absolute atomic E-state index is 0.732. The lowest BCUT2D eigenvalue weighted by molar-refractivity contribution is 0.158. The molecule has 2 aromatic rings. The maximum absolute atomic E-state index is 5.60. The van der Waals surface area contributed by atoms with Crippen LogP contribution in [0.25, 0.3) is 11.6 Å². The van der Waals surface area contributed by atoms with E-state index < -0.39 is 0 Å². The maximum Gasteiger partial charge on any atom is 0.199 e. The Balaban J connectivity index is 1.65. The van der Waals surface area contributed by atoms with Crippen LogP contribution < -0.4 is 0 Å². The molecule has 1 saturated carbocycles. The molecule has 2 aliphatic rings. The Labute approximate surface area is 129 Å². The average molecular weight is 304 g/mol. The molecular weight excluding hydrogens is 284 g/mol. The first-order valence-corrected chi connectivity index (χ1v) is 8.12. The average Bonchev–Trinajstić information content (AvgIpc) is 3.23. The summed E-state index contributed by atoms with van der Waals surface area (Å²) >= 11 is 5.60. The normalized spacial score (nSPS) is 25.0.